The lowest BCUT2D eigenvalue weighted by molar-refractivity contribution is 0.144. The minimum Gasteiger partial charge on any atom is -0.397 e. The van der Waals surface area contributed by atoms with Gasteiger partial charge in [0.15, 0.2) is 0 Å². The van der Waals surface area contributed by atoms with Gasteiger partial charge in [-0.05, 0) is 34.8 Å². The first-order valence-electron chi connectivity index (χ1n) is 6.02. The Morgan fingerprint density at radius 1 is 1.35 bits per heavy atom. The Balaban J connectivity index is 2.08. The molecule has 1 saturated carbocycles. The molecule has 1 fully saturated rings. The number of hydrogen-bond donors (Lipinski definition) is 3. The van der Waals surface area contributed by atoms with E-state index in [4.69, 9.17) is 5.73 Å². The summed E-state index contributed by atoms with van der Waals surface area (Å²) in [7, 11) is 0. The molecule has 1 heterocycles. The minimum atomic E-state index is -0.288. The van der Waals surface area contributed by atoms with Crippen molar-refractivity contribution >= 4 is 27.4 Å². The molecule has 1 aliphatic carbocycles. The molecule has 1 aliphatic rings. The first-order chi connectivity index (χ1) is 8.16. The number of aliphatic hydroxyl groups is 1. The highest BCUT2D eigenvalue weighted by Gasteiger charge is 2.22. The van der Waals surface area contributed by atoms with E-state index in [1.54, 1.807) is 6.20 Å². The average Bonchev–Trinajstić information content (AvgIpc) is 2.48. The van der Waals surface area contributed by atoms with Crippen molar-refractivity contribution in [3.63, 3.8) is 0 Å². The van der Waals surface area contributed by atoms with Crippen molar-refractivity contribution in [1.29, 1.82) is 0 Å². The Morgan fingerprint density at radius 3 is 2.88 bits per heavy atom. The molecule has 0 amide bonds. The summed E-state index contributed by atoms with van der Waals surface area (Å²) in [4.78, 5) is 4.24. The number of nitrogens with zero attached hydrogens (tertiary/aromatic N) is 1. The third-order valence-corrected chi connectivity index (χ3v) is 3.77. The van der Waals surface area contributed by atoms with E-state index in [1.807, 2.05) is 6.07 Å². The van der Waals surface area contributed by atoms with Gasteiger partial charge in [-0.25, -0.2) is 4.98 Å². The van der Waals surface area contributed by atoms with Crippen molar-refractivity contribution in [2.24, 2.45) is 0 Å². The molecule has 0 aliphatic heterocycles. The Bertz CT molecular complexity index is 386. The summed E-state index contributed by atoms with van der Waals surface area (Å²) in [5.41, 5.74) is 6.27. The number of rotatable bonds is 2. The summed E-state index contributed by atoms with van der Waals surface area (Å²) >= 11 is 3.43. The molecule has 5 heteroatoms. The highest BCUT2D eigenvalue weighted by molar-refractivity contribution is 9.10. The number of aliphatic hydroxyl groups excluding tert-OH is 1. The number of anilines is 2. The molecule has 0 radical (unpaired) electrons. The molecule has 2 unspecified atom stereocenters. The molecule has 94 valence electrons. The van der Waals surface area contributed by atoms with E-state index in [9.17, 15) is 5.11 Å². The van der Waals surface area contributed by atoms with Crippen molar-refractivity contribution in [1.82, 2.24) is 4.98 Å². The summed E-state index contributed by atoms with van der Waals surface area (Å²) in [6.45, 7) is 0. The van der Waals surface area contributed by atoms with Gasteiger partial charge in [0, 0.05) is 0 Å². The molecule has 1 aromatic heterocycles. The van der Waals surface area contributed by atoms with E-state index in [0.29, 0.717) is 5.69 Å². The van der Waals surface area contributed by atoms with Crippen LogP contribution >= 0.6 is 15.9 Å². The molecule has 1 aromatic rings. The van der Waals surface area contributed by atoms with E-state index >= 15 is 0 Å². The van der Waals surface area contributed by atoms with Gasteiger partial charge in [0.2, 0.25) is 0 Å². The zero-order valence-corrected chi connectivity index (χ0v) is 11.3. The predicted molar refractivity (Wildman–Crippen MR) is 72.9 cm³/mol. The molecule has 0 spiro atoms. The standard InChI is InChI=1S/C12H18BrN3O/c13-9-6-8(14)7-15-12(9)16-10-4-2-1-3-5-11(10)17/h6-7,10-11,17H,1-5,14H2,(H,15,16). The smallest absolute Gasteiger partial charge is 0.140 e. The highest BCUT2D eigenvalue weighted by Crippen LogP contribution is 2.26. The molecule has 0 saturated heterocycles. The monoisotopic (exact) mass is 299 g/mol. The van der Waals surface area contributed by atoms with Gasteiger partial charge in [-0.15, -0.1) is 0 Å². The van der Waals surface area contributed by atoms with E-state index in [-0.39, 0.29) is 12.1 Å². The predicted octanol–water partition coefficient (Wildman–Crippen LogP) is 2.53. The van der Waals surface area contributed by atoms with Gasteiger partial charge in [0.25, 0.3) is 0 Å². The van der Waals surface area contributed by atoms with E-state index in [0.717, 1.165) is 36.0 Å². The lowest BCUT2D eigenvalue weighted by Gasteiger charge is -2.22. The molecule has 2 atom stereocenters. The van der Waals surface area contributed by atoms with Gasteiger partial charge in [0.1, 0.15) is 5.82 Å². The Kier molecular flexibility index (Phi) is 4.23. The number of hydrogen-bond acceptors (Lipinski definition) is 4. The van der Waals surface area contributed by atoms with E-state index in [1.165, 1.54) is 6.42 Å². The maximum atomic E-state index is 10.0. The van der Waals surface area contributed by atoms with Crippen LogP contribution in [0.1, 0.15) is 32.1 Å². The van der Waals surface area contributed by atoms with Gasteiger partial charge in [0.05, 0.1) is 28.5 Å². The van der Waals surface area contributed by atoms with Crippen molar-refractivity contribution < 1.29 is 5.11 Å². The minimum absolute atomic E-state index is 0.0879. The Morgan fingerprint density at radius 2 is 2.12 bits per heavy atom. The Hall–Kier alpha value is -0.810. The van der Waals surface area contributed by atoms with Crippen molar-refractivity contribution in [3.05, 3.63) is 16.7 Å². The number of pyridine rings is 1. The van der Waals surface area contributed by atoms with E-state index in [2.05, 4.69) is 26.2 Å². The second-order valence-electron chi connectivity index (χ2n) is 4.56. The molecule has 2 rings (SSSR count). The third kappa shape index (κ3) is 3.33. The maximum absolute atomic E-state index is 10.0. The van der Waals surface area contributed by atoms with Crippen LogP contribution in [0.25, 0.3) is 0 Å². The quantitative estimate of drug-likeness (QED) is 0.734. The largest absolute Gasteiger partial charge is 0.397 e. The van der Waals surface area contributed by atoms with Gasteiger partial charge in [-0.2, -0.15) is 0 Å². The molecule has 0 bridgehead atoms. The van der Waals surface area contributed by atoms with Crippen LogP contribution in [-0.2, 0) is 0 Å². The molecule has 4 N–H and O–H groups in total. The second kappa shape index (κ2) is 5.69. The maximum Gasteiger partial charge on any atom is 0.140 e. The SMILES string of the molecule is Nc1cnc(NC2CCCCCC2O)c(Br)c1. The summed E-state index contributed by atoms with van der Waals surface area (Å²) in [6.07, 6.45) is 6.65. The van der Waals surface area contributed by atoms with Crippen molar-refractivity contribution in [2.75, 3.05) is 11.1 Å². The van der Waals surface area contributed by atoms with Gasteiger partial charge < -0.3 is 16.2 Å². The number of aromatic nitrogens is 1. The third-order valence-electron chi connectivity index (χ3n) is 3.16. The molecular weight excluding hydrogens is 282 g/mol. The van der Waals surface area contributed by atoms with Crippen LogP contribution in [0.15, 0.2) is 16.7 Å². The zero-order chi connectivity index (χ0) is 12.3. The number of nitrogens with one attached hydrogen (secondary N) is 1. The lowest BCUT2D eigenvalue weighted by Crippen LogP contribution is -2.32. The fourth-order valence-corrected chi connectivity index (χ4v) is 2.67. The van der Waals surface area contributed by atoms with Crippen LogP contribution in [0.2, 0.25) is 0 Å². The van der Waals surface area contributed by atoms with Crippen LogP contribution < -0.4 is 11.1 Å². The van der Waals surface area contributed by atoms with Crippen molar-refractivity contribution in [3.8, 4) is 0 Å². The fourth-order valence-electron chi connectivity index (χ4n) is 2.19. The molecule has 0 aromatic carbocycles. The zero-order valence-electron chi connectivity index (χ0n) is 9.69. The molecule has 17 heavy (non-hydrogen) atoms. The summed E-state index contributed by atoms with van der Waals surface area (Å²) in [5, 5.41) is 13.3. The fraction of sp³-hybridized carbons (Fsp3) is 0.583. The topological polar surface area (TPSA) is 71.2 Å². The summed E-state index contributed by atoms with van der Waals surface area (Å²) in [5.74, 6) is 0.755. The van der Waals surface area contributed by atoms with Crippen LogP contribution in [0.4, 0.5) is 11.5 Å². The van der Waals surface area contributed by atoms with Crippen LogP contribution in [0.5, 0.6) is 0 Å². The van der Waals surface area contributed by atoms with Gasteiger partial charge in [-0.3, -0.25) is 0 Å². The van der Waals surface area contributed by atoms with Crippen LogP contribution in [-0.4, -0.2) is 22.2 Å². The van der Waals surface area contributed by atoms with Gasteiger partial charge >= 0.3 is 0 Å². The van der Waals surface area contributed by atoms with E-state index < -0.39 is 0 Å². The second-order valence-corrected chi connectivity index (χ2v) is 5.41. The molecular formula is C12H18BrN3O. The van der Waals surface area contributed by atoms with Gasteiger partial charge in [-0.1, -0.05) is 19.3 Å². The first kappa shape index (κ1) is 12.6. The lowest BCUT2D eigenvalue weighted by atomic mass is 10.1. The van der Waals surface area contributed by atoms with Crippen LogP contribution in [0.3, 0.4) is 0 Å². The number of nitrogen functional groups attached to an aromatic ring is 1. The first-order valence-corrected chi connectivity index (χ1v) is 6.82. The summed E-state index contributed by atoms with van der Waals surface area (Å²) < 4.78 is 0.842. The highest BCUT2D eigenvalue weighted by atomic mass is 79.9. The average molecular weight is 300 g/mol. The Labute approximate surface area is 110 Å². The number of halogens is 1. The normalized spacial score (nSPS) is 25.3. The summed E-state index contributed by atoms with van der Waals surface area (Å²) in [6, 6.07) is 1.91. The van der Waals surface area contributed by atoms with Crippen LogP contribution in [0, 0.1) is 0 Å². The number of nitrogens with two attached hydrogens (primary N) is 1. The van der Waals surface area contributed by atoms with Crippen molar-refractivity contribution in [2.45, 2.75) is 44.2 Å². The molecule has 4 nitrogen and oxygen atoms in total.